The zero-order chi connectivity index (χ0) is 18.0. The van der Waals surface area contributed by atoms with Gasteiger partial charge in [-0.05, 0) is 33.3 Å². The van der Waals surface area contributed by atoms with Crippen molar-refractivity contribution in [3.8, 4) is 0 Å². The van der Waals surface area contributed by atoms with Crippen LogP contribution in [-0.4, -0.2) is 45.9 Å². The molecule has 0 aromatic heterocycles. The van der Waals surface area contributed by atoms with Crippen molar-refractivity contribution in [2.75, 3.05) is 6.54 Å². The molecule has 2 rings (SSSR count). The quantitative estimate of drug-likeness (QED) is 0.859. The topological polar surface area (TPSA) is 76.1 Å². The lowest BCUT2D eigenvalue weighted by molar-refractivity contribution is -0.156. The van der Waals surface area contributed by atoms with Crippen LogP contribution in [0.3, 0.4) is 0 Å². The lowest BCUT2D eigenvalue weighted by Crippen LogP contribution is -2.52. The number of nitrogens with zero attached hydrogens (tertiary/aromatic N) is 1. The Bertz CT molecular complexity index is 595. The van der Waals surface area contributed by atoms with Gasteiger partial charge in [0.2, 0.25) is 0 Å². The number of hydrogen-bond acceptors (Lipinski definition) is 5. The Labute approximate surface area is 142 Å². The van der Waals surface area contributed by atoms with Crippen molar-refractivity contribution in [2.45, 2.75) is 58.0 Å². The molecule has 1 N–H and O–H groups in total. The van der Waals surface area contributed by atoms with Crippen molar-refractivity contribution in [1.82, 2.24) is 4.90 Å². The highest BCUT2D eigenvalue weighted by Crippen LogP contribution is 2.32. The molecular weight excluding hydrogens is 310 g/mol. The Morgan fingerprint density at radius 2 is 1.92 bits per heavy atom. The van der Waals surface area contributed by atoms with E-state index in [1.165, 1.54) is 4.90 Å². The van der Waals surface area contributed by atoms with Crippen molar-refractivity contribution in [3.63, 3.8) is 0 Å². The van der Waals surface area contributed by atoms with Gasteiger partial charge in [-0.3, -0.25) is 4.90 Å². The van der Waals surface area contributed by atoms with Crippen molar-refractivity contribution >= 4 is 12.1 Å². The number of aliphatic hydroxyl groups excluding tert-OH is 1. The molecular formula is C18H25NO5. The summed E-state index contributed by atoms with van der Waals surface area (Å²) in [4.78, 5) is 26.2. The molecule has 1 aliphatic heterocycles. The van der Waals surface area contributed by atoms with E-state index in [1.807, 2.05) is 30.3 Å². The summed E-state index contributed by atoms with van der Waals surface area (Å²) in [5.41, 5.74) is -1.06. The summed E-state index contributed by atoms with van der Waals surface area (Å²) in [5, 5.41) is 9.96. The number of likely N-dealkylation sites (tertiary alicyclic amines) is 1. The smallest absolute Gasteiger partial charge is 0.411 e. The summed E-state index contributed by atoms with van der Waals surface area (Å²) >= 11 is 0. The molecule has 1 aromatic rings. The third-order valence-electron chi connectivity index (χ3n) is 3.89. The molecule has 1 amide bonds. The van der Waals surface area contributed by atoms with Crippen molar-refractivity contribution < 1.29 is 24.2 Å². The number of β-amino-alcohol motifs (C(OH)–C–C–N with tert-alkyl or cyclic N) is 1. The van der Waals surface area contributed by atoms with Gasteiger partial charge in [0, 0.05) is 6.42 Å². The molecule has 0 unspecified atom stereocenters. The van der Waals surface area contributed by atoms with E-state index in [0.717, 1.165) is 5.56 Å². The Morgan fingerprint density at radius 1 is 1.29 bits per heavy atom. The summed E-state index contributed by atoms with van der Waals surface area (Å²) in [5.74, 6) is -0.547. The average Bonchev–Trinajstić information content (AvgIpc) is 2.80. The minimum absolute atomic E-state index is 0.0475. The molecule has 0 aliphatic carbocycles. The van der Waals surface area contributed by atoms with Crippen LogP contribution in [-0.2, 0) is 20.9 Å². The monoisotopic (exact) mass is 335 g/mol. The van der Waals surface area contributed by atoms with E-state index >= 15 is 0 Å². The van der Waals surface area contributed by atoms with Crippen molar-refractivity contribution in [3.05, 3.63) is 35.9 Å². The van der Waals surface area contributed by atoms with E-state index in [1.54, 1.807) is 27.7 Å². The SMILES string of the molecule is CC(C)(C)OC(=O)N1C[C@H](O)C[C@]1(C)C(=O)OCc1ccccc1. The van der Waals surface area contributed by atoms with Crippen LogP contribution in [0.25, 0.3) is 0 Å². The van der Waals surface area contributed by atoms with Crippen LogP contribution in [0.2, 0.25) is 0 Å². The number of carbonyl (C=O) groups excluding carboxylic acids is 2. The van der Waals surface area contributed by atoms with Gasteiger partial charge in [0.25, 0.3) is 0 Å². The first-order chi connectivity index (χ1) is 11.1. The first-order valence-corrected chi connectivity index (χ1v) is 8.02. The fourth-order valence-corrected chi connectivity index (χ4v) is 2.71. The fourth-order valence-electron chi connectivity index (χ4n) is 2.71. The largest absolute Gasteiger partial charge is 0.459 e. The van der Waals surface area contributed by atoms with Gasteiger partial charge in [-0.15, -0.1) is 0 Å². The number of amides is 1. The molecule has 132 valence electrons. The fraction of sp³-hybridized carbons (Fsp3) is 0.556. The standard InChI is InChI=1S/C18H25NO5/c1-17(2,3)24-16(22)19-11-14(20)10-18(19,4)15(21)23-12-13-8-6-5-7-9-13/h5-9,14,20H,10-12H2,1-4H3/t14-,18-/m1/s1. The zero-order valence-electron chi connectivity index (χ0n) is 14.6. The molecule has 1 aliphatic rings. The zero-order valence-corrected chi connectivity index (χ0v) is 14.6. The van der Waals surface area contributed by atoms with Gasteiger partial charge in [-0.25, -0.2) is 9.59 Å². The number of hydrogen-bond donors (Lipinski definition) is 1. The maximum atomic E-state index is 12.6. The number of aliphatic hydroxyl groups is 1. The Hall–Kier alpha value is -2.08. The molecule has 0 radical (unpaired) electrons. The highest BCUT2D eigenvalue weighted by molar-refractivity contribution is 5.86. The highest BCUT2D eigenvalue weighted by Gasteiger charge is 2.52. The molecule has 1 fully saturated rings. The minimum Gasteiger partial charge on any atom is -0.459 e. The molecule has 1 heterocycles. The van der Waals surface area contributed by atoms with Crippen LogP contribution >= 0.6 is 0 Å². The number of benzene rings is 1. The molecule has 0 saturated carbocycles. The van der Waals surface area contributed by atoms with Crippen molar-refractivity contribution in [1.29, 1.82) is 0 Å². The molecule has 0 spiro atoms. The van der Waals surface area contributed by atoms with Crippen molar-refractivity contribution in [2.24, 2.45) is 0 Å². The Balaban J connectivity index is 2.09. The number of rotatable bonds is 3. The van der Waals surface area contributed by atoms with Crippen LogP contribution < -0.4 is 0 Å². The maximum Gasteiger partial charge on any atom is 0.411 e. The summed E-state index contributed by atoms with van der Waals surface area (Å²) in [6.07, 6.45) is -1.29. The Kier molecular flexibility index (Phi) is 5.18. The minimum atomic E-state index is -1.24. The van der Waals surface area contributed by atoms with Gasteiger partial charge in [-0.1, -0.05) is 30.3 Å². The van der Waals surface area contributed by atoms with E-state index in [9.17, 15) is 14.7 Å². The second kappa shape index (κ2) is 6.81. The van der Waals surface area contributed by atoms with Crippen LogP contribution in [0.5, 0.6) is 0 Å². The van der Waals surface area contributed by atoms with E-state index < -0.39 is 29.3 Å². The van der Waals surface area contributed by atoms with E-state index in [0.29, 0.717) is 0 Å². The molecule has 6 heteroatoms. The number of carbonyl (C=O) groups is 2. The summed E-state index contributed by atoms with van der Waals surface area (Å²) in [6, 6.07) is 9.30. The van der Waals surface area contributed by atoms with Gasteiger partial charge in [-0.2, -0.15) is 0 Å². The van der Waals surface area contributed by atoms with Crippen LogP contribution in [0, 0.1) is 0 Å². The maximum absolute atomic E-state index is 12.6. The van der Waals surface area contributed by atoms with Gasteiger partial charge in [0.15, 0.2) is 0 Å². The molecule has 6 nitrogen and oxygen atoms in total. The van der Waals surface area contributed by atoms with Gasteiger partial charge in [0.05, 0.1) is 12.6 Å². The molecule has 0 bridgehead atoms. The summed E-state index contributed by atoms with van der Waals surface area (Å²) in [7, 11) is 0. The molecule has 2 atom stereocenters. The lowest BCUT2D eigenvalue weighted by atomic mass is 9.98. The predicted molar refractivity (Wildman–Crippen MR) is 88.2 cm³/mol. The predicted octanol–water partition coefficient (Wildman–Crippen LogP) is 2.49. The Morgan fingerprint density at radius 3 is 2.50 bits per heavy atom. The lowest BCUT2D eigenvalue weighted by Gasteiger charge is -2.34. The van der Waals surface area contributed by atoms with Crippen LogP contribution in [0.1, 0.15) is 39.7 Å². The molecule has 24 heavy (non-hydrogen) atoms. The number of esters is 1. The van der Waals surface area contributed by atoms with Crippen LogP contribution in [0.4, 0.5) is 4.79 Å². The second-order valence-electron chi connectivity index (χ2n) is 7.28. The first kappa shape index (κ1) is 18.3. The van der Waals surface area contributed by atoms with E-state index in [-0.39, 0.29) is 19.6 Å². The highest BCUT2D eigenvalue weighted by atomic mass is 16.6. The van der Waals surface area contributed by atoms with E-state index in [4.69, 9.17) is 9.47 Å². The molecule has 1 aromatic carbocycles. The van der Waals surface area contributed by atoms with Gasteiger partial charge < -0.3 is 14.6 Å². The second-order valence-corrected chi connectivity index (χ2v) is 7.28. The van der Waals surface area contributed by atoms with Gasteiger partial charge >= 0.3 is 12.1 Å². The third-order valence-corrected chi connectivity index (χ3v) is 3.89. The molecule has 1 saturated heterocycles. The van der Waals surface area contributed by atoms with Crippen LogP contribution in [0.15, 0.2) is 30.3 Å². The normalized spacial score (nSPS) is 23.9. The van der Waals surface area contributed by atoms with Gasteiger partial charge in [0.1, 0.15) is 17.7 Å². The number of ether oxygens (including phenoxy) is 2. The third kappa shape index (κ3) is 4.26. The average molecular weight is 335 g/mol. The van der Waals surface area contributed by atoms with E-state index in [2.05, 4.69) is 0 Å². The summed E-state index contributed by atoms with van der Waals surface area (Å²) in [6.45, 7) is 7.02. The first-order valence-electron chi connectivity index (χ1n) is 8.02. The summed E-state index contributed by atoms with van der Waals surface area (Å²) < 4.78 is 10.7.